The van der Waals surface area contributed by atoms with Crippen LogP contribution in [0.3, 0.4) is 0 Å². The fraction of sp³-hybridized carbons (Fsp3) is 0.233. The number of hydrogen-bond acceptors (Lipinski definition) is 7. The van der Waals surface area contributed by atoms with E-state index in [0.717, 1.165) is 61.5 Å². The van der Waals surface area contributed by atoms with Gasteiger partial charge in [-0.1, -0.05) is 12.1 Å². The van der Waals surface area contributed by atoms with Crippen LogP contribution < -0.4 is 9.47 Å². The van der Waals surface area contributed by atoms with Crippen molar-refractivity contribution < 1.29 is 28.5 Å². The molecule has 0 atom stereocenters. The number of morpholine rings is 1. The molecule has 7 heteroatoms. The Balaban J connectivity index is 1.29. The Bertz CT molecular complexity index is 1450. The molecule has 2 aliphatic heterocycles. The third-order valence-corrected chi connectivity index (χ3v) is 6.76. The maximum absolute atomic E-state index is 13.7. The Morgan fingerprint density at radius 3 is 2.57 bits per heavy atom. The van der Waals surface area contributed by atoms with Crippen LogP contribution in [0.25, 0.3) is 22.1 Å². The molecule has 1 N–H and O–H groups in total. The van der Waals surface area contributed by atoms with E-state index in [0.29, 0.717) is 29.1 Å². The lowest BCUT2D eigenvalue weighted by Gasteiger charge is -2.26. The SMILES string of the molecule is O=C(c1ccc(OCCN2CCOCC2)cc1)c1oc2cc3c(cc2c1-c1ccc(O)cc1)CC=CO3. The minimum Gasteiger partial charge on any atom is -0.508 e. The number of allylic oxidation sites excluding steroid dienone is 1. The fourth-order valence-corrected chi connectivity index (χ4v) is 4.76. The number of aromatic hydroxyl groups is 1. The highest BCUT2D eigenvalue weighted by Gasteiger charge is 2.25. The van der Waals surface area contributed by atoms with Gasteiger partial charge in [-0.05, 0) is 66.1 Å². The first-order valence-electron chi connectivity index (χ1n) is 12.4. The molecular weight excluding hydrogens is 470 g/mol. The highest BCUT2D eigenvalue weighted by Crippen LogP contribution is 2.40. The molecule has 0 bridgehead atoms. The topological polar surface area (TPSA) is 81.4 Å². The molecule has 0 unspecified atom stereocenters. The molecule has 0 saturated carbocycles. The molecule has 1 aromatic heterocycles. The van der Waals surface area contributed by atoms with Crippen molar-refractivity contribution >= 4 is 16.8 Å². The van der Waals surface area contributed by atoms with Crippen molar-refractivity contribution in [3.8, 4) is 28.4 Å². The third kappa shape index (κ3) is 4.83. The van der Waals surface area contributed by atoms with Gasteiger partial charge in [-0.3, -0.25) is 9.69 Å². The Kier molecular flexibility index (Phi) is 6.39. The second-order valence-corrected chi connectivity index (χ2v) is 9.16. The lowest BCUT2D eigenvalue weighted by molar-refractivity contribution is 0.0322. The van der Waals surface area contributed by atoms with E-state index in [9.17, 15) is 9.90 Å². The molecule has 0 amide bonds. The maximum atomic E-state index is 13.7. The monoisotopic (exact) mass is 497 g/mol. The first-order valence-corrected chi connectivity index (χ1v) is 12.4. The normalized spacial score (nSPS) is 15.4. The van der Waals surface area contributed by atoms with Crippen molar-refractivity contribution in [1.82, 2.24) is 4.90 Å². The number of phenolic OH excluding ortho intramolecular Hbond substituents is 1. The number of hydrogen-bond donors (Lipinski definition) is 1. The lowest BCUT2D eigenvalue weighted by atomic mass is 9.96. The minimum absolute atomic E-state index is 0.157. The number of carbonyl (C=O) groups excluding carboxylic acids is 1. The van der Waals surface area contributed by atoms with E-state index in [2.05, 4.69) is 4.90 Å². The van der Waals surface area contributed by atoms with E-state index in [4.69, 9.17) is 18.6 Å². The van der Waals surface area contributed by atoms with Gasteiger partial charge in [-0.15, -0.1) is 0 Å². The third-order valence-electron chi connectivity index (χ3n) is 6.76. The summed E-state index contributed by atoms with van der Waals surface area (Å²) in [5.41, 5.74) is 3.58. The zero-order valence-corrected chi connectivity index (χ0v) is 20.3. The lowest BCUT2D eigenvalue weighted by Crippen LogP contribution is -2.38. The molecule has 4 aromatic rings. The average molecular weight is 498 g/mol. The van der Waals surface area contributed by atoms with Crippen molar-refractivity contribution in [3.63, 3.8) is 0 Å². The molecule has 6 rings (SSSR count). The maximum Gasteiger partial charge on any atom is 0.228 e. The van der Waals surface area contributed by atoms with Gasteiger partial charge in [0.25, 0.3) is 0 Å². The van der Waals surface area contributed by atoms with E-state index >= 15 is 0 Å². The van der Waals surface area contributed by atoms with Crippen LogP contribution in [0.1, 0.15) is 21.7 Å². The molecular formula is C30H27NO6. The predicted molar refractivity (Wildman–Crippen MR) is 139 cm³/mol. The van der Waals surface area contributed by atoms with Crippen LogP contribution >= 0.6 is 0 Å². The predicted octanol–water partition coefficient (Wildman–Crippen LogP) is 5.20. The number of fused-ring (bicyclic) bond motifs is 2. The largest absolute Gasteiger partial charge is 0.508 e. The van der Waals surface area contributed by atoms with Crippen molar-refractivity contribution in [2.24, 2.45) is 0 Å². The van der Waals surface area contributed by atoms with Crippen LogP contribution in [0.4, 0.5) is 0 Å². The fourth-order valence-electron chi connectivity index (χ4n) is 4.76. The highest BCUT2D eigenvalue weighted by molar-refractivity contribution is 6.16. The summed E-state index contributed by atoms with van der Waals surface area (Å²) in [5, 5.41) is 10.6. The highest BCUT2D eigenvalue weighted by atomic mass is 16.5. The van der Waals surface area contributed by atoms with E-state index in [-0.39, 0.29) is 17.3 Å². The summed E-state index contributed by atoms with van der Waals surface area (Å²) in [6.45, 7) is 4.77. The van der Waals surface area contributed by atoms with Gasteiger partial charge in [-0.2, -0.15) is 0 Å². The number of furan rings is 1. The average Bonchev–Trinajstić information content (AvgIpc) is 3.31. The smallest absolute Gasteiger partial charge is 0.228 e. The van der Waals surface area contributed by atoms with Crippen LogP contribution in [0, 0.1) is 0 Å². The second-order valence-electron chi connectivity index (χ2n) is 9.16. The van der Waals surface area contributed by atoms with E-state index < -0.39 is 0 Å². The molecule has 0 aliphatic carbocycles. The number of phenols is 1. The van der Waals surface area contributed by atoms with Crippen LogP contribution in [0.2, 0.25) is 0 Å². The molecule has 1 fully saturated rings. The Morgan fingerprint density at radius 2 is 1.78 bits per heavy atom. The number of carbonyl (C=O) groups is 1. The van der Waals surface area contributed by atoms with Crippen LogP contribution in [0.15, 0.2) is 77.4 Å². The first kappa shape index (κ1) is 23.3. The van der Waals surface area contributed by atoms with Gasteiger partial charge in [-0.25, -0.2) is 0 Å². The number of nitrogens with zero attached hydrogens (tertiary/aromatic N) is 1. The standard InChI is InChI=1S/C30H27NO6/c32-23-7-3-20(4-8-23)28-25-18-22-2-1-14-36-26(22)19-27(25)37-30(28)29(33)21-5-9-24(10-6-21)35-17-13-31-11-15-34-16-12-31/h1,3-10,14,18-19,32H,2,11-13,15-17H2. The molecule has 3 heterocycles. The van der Waals surface area contributed by atoms with Gasteiger partial charge >= 0.3 is 0 Å². The van der Waals surface area contributed by atoms with Crippen LogP contribution in [-0.4, -0.2) is 55.2 Å². The number of rotatable bonds is 7. The molecule has 188 valence electrons. The summed E-state index contributed by atoms with van der Waals surface area (Å²) in [5.74, 6) is 1.61. The van der Waals surface area contributed by atoms with Crippen molar-refractivity contribution in [2.75, 3.05) is 39.5 Å². The minimum atomic E-state index is -0.226. The van der Waals surface area contributed by atoms with E-state index in [1.165, 1.54) is 0 Å². The van der Waals surface area contributed by atoms with Gasteiger partial charge in [0, 0.05) is 42.2 Å². The van der Waals surface area contributed by atoms with Gasteiger partial charge in [0.05, 0.1) is 19.5 Å². The Morgan fingerprint density at radius 1 is 1.00 bits per heavy atom. The van der Waals surface area contributed by atoms with E-state index in [1.807, 2.05) is 30.3 Å². The zero-order chi connectivity index (χ0) is 25.2. The summed E-state index contributed by atoms with van der Waals surface area (Å²) < 4.78 is 23.1. The van der Waals surface area contributed by atoms with Gasteiger partial charge in [0.1, 0.15) is 29.4 Å². The summed E-state index contributed by atoms with van der Waals surface area (Å²) in [6.07, 6.45) is 4.35. The summed E-state index contributed by atoms with van der Waals surface area (Å²) in [6, 6.07) is 17.8. The molecule has 0 spiro atoms. The van der Waals surface area contributed by atoms with Crippen LogP contribution in [0.5, 0.6) is 17.2 Å². The Labute approximate surface area is 214 Å². The summed E-state index contributed by atoms with van der Waals surface area (Å²) in [4.78, 5) is 16.0. The molecule has 7 nitrogen and oxygen atoms in total. The molecule has 2 aliphatic rings. The van der Waals surface area contributed by atoms with Crippen molar-refractivity contribution in [2.45, 2.75) is 6.42 Å². The summed E-state index contributed by atoms with van der Waals surface area (Å²) in [7, 11) is 0. The molecule has 3 aromatic carbocycles. The molecule has 37 heavy (non-hydrogen) atoms. The Hall–Kier alpha value is -4.07. The summed E-state index contributed by atoms with van der Waals surface area (Å²) >= 11 is 0. The molecule has 0 radical (unpaired) electrons. The van der Waals surface area contributed by atoms with Gasteiger partial charge in [0.15, 0.2) is 5.76 Å². The molecule has 1 saturated heterocycles. The van der Waals surface area contributed by atoms with E-state index in [1.54, 1.807) is 42.7 Å². The van der Waals surface area contributed by atoms with Crippen molar-refractivity contribution in [1.29, 1.82) is 0 Å². The number of ketones is 1. The zero-order valence-electron chi connectivity index (χ0n) is 20.3. The quantitative estimate of drug-likeness (QED) is 0.352. The van der Waals surface area contributed by atoms with Crippen LogP contribution in [-0.2, 0) is 11.2 Å². The van der Waals surface area contributed by atoms with Gasteiger partial charge in [0.2, 0.25) is 5.78 Å². The van der Waals surface area contributed by atoms with Gasteiger partial charge < -0.3 is 23.7 Å². The number of ether oxygens (including phenoxy) is 3. The second kappa shape index (κ2) is 10.1. The van der Waals surface area contributed by atoms with Crippen molar-refractivity contribution in [3.05, 3.63) is 89.9 Å². The number of benzene rings is 3. The first-order chi connectivity index (χ1) is 18.2.